The molecular weight excluding hydrogens is 301 g/mol. The Kier molecular flexibility index (Phi) is 4.96. The van der Waals surface area contributed by atoms with Crippen LogP contribution in [-0.4, -0.2) is 50.0 Å². The third-order valence-electron chi connectivity index (χ3n) is 5.73. The molecule has 2 heterocycles. The zero-order chi connectivity index (χ0) is 17.4. The van der Waals surface area contributed by atoms with E-state index in [2.05, 4.69) is 39.6 Å². The van der Waals surface area contributed by atoms with Gasteiger partial charge in [0.15, 0.2) is 0 Å². The van der Waals surface area contributed by atoms with Crippen molar-refractivity contribution >= 4 is 12.6 Å². The highest BCUT2D eigenvalue weighted by Gasteiger charge is 2.51. The van der Waals surface area contributed by atoms with Gasteiger partial charge >= 0.3 is 7.12 Å². The maximum absolute atomic E-state index is 6.09. The highest BCUT2D eigenvalue weighted by Crippen LogP contribution is 2.36. The summed E-state index contributed by atoms with van der Waals surface area (Å²) >= 11 is 0. The first-order valence-corrected chi connectivity index (χ1v) is 9.04. The lowest BCUT2D eigenvalue weighted by molar-refractivity contribution is 0.00578. The van der Waals surface area contributed by atoms with E-state index in [9.17, 15) is 0 Å². The van der Waals surface area contributed by atoms with Gasteiger partial charge in [-0.1, -0.05) is 12.1 Å². The van der Waals surface area contributed by atoms with Crippen molar-refractivity contribution in [1.82, 2.24) is 4.90 Å². The number of piperidine rings is 1. The average Bonchev–Trinajstić information content (AvgIpc) is 2.75. The molecule has 0 spiro atoms. The lowest BCUT2D eigenvalue weighted by Crippen LogP contribution is -2.41. The van der Waals surface area contributed by atoms with Gasteiger partial charge < -0.3 is 18.9 Å². The lowest BCUT2D eigenvalue weighted by Gasteiger charge is -2.32. The van der Waals surface area contributed by atoms with Gasteiger partial charge in [-0.15, -0.1) is 0 Å². The number of ether oxygens (including phenoxy) is 1. The largest absolute Gasteiger partial charge is 0.494 e. The molecule has 0 bridgehead atoms. The van der Waals surface area contributed by atoms with Crippen molar-refractivity contribution in [3.63, 3.8) is 0 Å². The van der Waals surface area contributed by atoms with Crippen LogP contribution in [0.2, 0.25) is 0 Å². The van der Waals surface area contributed by atoms with Gasteiger partial charge in [-0.2, -0.15) is 0 Å². The zero-order valence-electron chi connectivity index (χ0n) is 15.7. The Hall–Kier alpha value is -1.04. The maximum atomic E-state index is 6.09. The number of hydrogen-bond acceptors (Lipinski definition) is 4. The summed E-state index contributed by atoms with van der Waals surface area (Å²) in [7, 11) is 1.88. The second-order valence-corrected chi connectivity index (χ2v) is 8.21. The normalized spacial score (nSPS) is 24.3. The maximum Gasteiger partial charge on any atom is 0.494 e. The molecule has 3 rings (SSSR count). The van der Waals surface area contributed by atoms with Crippen LogP contribution >= 0.6 is 0 Å². The number of benzene rings is 1. The number of nitrogens with zero attached hydrogens (tertiary/aromatic N) is 1. The van der Waals surface area contributed by atoms with Gasteiger partial charge in [0.2, 0.25) is 0 Å². The Bertz CT molecular complexity index is 534. The van der Waals surface area contributed by atoms with E-state index in [4.69, 9.17) is 14.0 Å². The predicted octanol–water partition coefficient (Wildman–Crippen LogP) is 2.71. The minimum atomic E-state index is -0.307. The summed E-state index contributed by atoms with van der Waals surface area (Å²) in [5, 5.41) is 0. The van der Waals surface area contributed by atoms with Crippen molar-refractivity contribution in [2.45, 2.75) is 51.7 Å². The van der Waals surface area contributed by atoms with E-state index in [-0.39, 0.29) is 18.3 Å². The van der Waals surface area contributed by atoms with Crippen molar-refractivity contribution in [3.8, 4) is 5.75 Å². The molecule has 0 radical (unpaired) electrons. The summed E-state index contributed by atoms with van der Waals surface area (Å²) in [6, 6.07) is 8.14. The Morgan fingerprint density at radius 3 is 2.12 bits per heavy atom. The summed E-state index contributed by atoms with van der Waals surface area (Å²) < 4.78 is 18.2. The Morgan fingerprint density at radius 2 is 1.58 bits per heavy atom. The van der Waals surface area contributed by atoms with E-state index in [1.54, 1.807) is 0 Å². The molecule has 1 aromatic carbocycles. The van der Waals surface area contributed by atoms with Crippen LogP contribution < -0.4 is 10.2 Å². The standard InChI is InChI=1S/C19H30BNO3/c1-18(2)19(3,4)24-20(23-18)16-6-8-17(9-7-16)22-14-15-10-12-21(5)13-11-15/h6-9,15H,10-14H2,1-5H3. The molecule has 4 nitrogen and oxygen atoms in total. The smallest absolute Gasteiger partial charge is 0.493 e. The molecule has 5 heteroatoms. The van der Waals surface area contributed by atoms with E-state index in [1.807, 2.05) is 24.3 Å². The van der Waals surface area contributed by atoms with Gasteiger partial charge in [0.25, 0.3) is 0 Å². The van der Waals surface area contributed by atoms with Crippen molar-refractivity contribution < 1.29 is 14.0 Å². The van der Waals surface area contributed by atoms with Crippen molar-refractivity contribution in [1.29, 1.82) is 0 Å². The highest BCUT2D eigenvalue weighted by atomic mass is 16.7. The molecule has 0 N–H and O–H groups in total. The fraction of sp³-hybridized carbons (Fsp3) is 0.684. The Morgan fingerprint density at radius 1 is 1.04 bits per heavy atom. The van der Waals surface area contributed by atoms with Crippen LogP contribution in [0.25, 0.3) is 0 Å². The Balaban J connectivity index is 1.54. The fourth-order valence-corrected chi connectivity index (χ4v) is 3.14. The molecule has 24 heavy (non-hydrogen) atoms. The van der Waals surface area contributed by atoms with Crippen LogP contribution in [0.1, 0.15) is 40.5 Å². The molecule has 0 amide bonds. The first kappa shape index (κ1) is 17.8. The van der Waals surface area contributed by atoms with Crippen LogP contribution in [0.3, 0.4) is 0 Å². The minimum absolute atomic E-state index is 0.305. The number of likely N-dealkylation sites (tertiary alicyclic amines) is 1. The molecule has 0 saturated carbocycles. The molecule has 0 aliphatic carbocycles. The first-order valence-electron chi connectivity index (χ1n) is 9.04. The van der Waals surface area contributed by atoms with Gasteiger partial charge in [0, 0.05) is 0 Å². The van der Waals surface area contributed by atoms with Gasteiger partial charge in [0.05, 0.1) is 17.8 Å². The first-order chi connectivity index (χ1) is 11.3. The topological polar surface area (TPSA) is 30.9 Å². The SMILES string of the molecule is CN1CCC(COc2ccc(B3OC(C)(C)C(C)(C)O3)cc2)CC1. The molecule has 2 aliphatic heterocycles. The second-order valence-electron chi connectivity index (χ2n) is 8.21. The molecule has 0 atom stereocenters. The third-order valence-corrected chi connectivity index (χ3v) is 5.73. The van der Waals surface area contributed by atoms with Crippen LogP contribution in [0.15, 0.2) is 24.3 Å². The zero-order valence-corrected chi connectivity index (χ0v) is 15.7. The van der Waals surface area contributed by atoms with Crippen LogP contribution in [-0.2, 0) is 9.31 Å². The summed E-state index contributed by atoms with van der Waals surface area (Å²) in [4.78, 5) is 2.38. The van der Waals surface area contributed by atoms with Gasteiger partial charge in [-0.3, -0.25) is 0 Å². The summed E-state index contributed by atoms with van der Waals surface area (Å²) in [5.74, 6) is 1.60. The van der Waals surface area contributed by atoms with Crippen LogP contribution in [0.4, 0.5) is 0 Å². The monoisotopic (exact) mass is 331 g/mol. The summed E-state index contributed by atoms with van der Waals surface area (Å²) in [6.07, 6.45) is 2.45. The van der Waals surface area contributed by atoms with Gasteiger partial charge in [0.1, 0.15) is 5.75 Å². The quantitative estimate of drug-likeness (QED) is 0.794. The van der Waals surface area contributed by atoms with E-state index in [0.717, 1.165) is 17.8 Å². The van der Waals surface area contributed by atoms with Crippen molar-refractivity contribution in [3.05, 3.63) is 24.3 Å². The predicted molar refractivity (Wildman–Crippen MR) is 97.9 cm³/mol. The van der Waals surface area contributed by atoms with Gasteiger partial charge in [-0.05, 0) is 84.2 Å². The number of hydrogen-bond donors (Lipinski definition) is 0. The highest BCUT2D eigenvalue weighted by molar-refractivity contribution is 6.62. The molecule has 2 saturated heterocycles. The van der Waals surface area contributed by atoms with E-state index < -0.39 is 0 Å². The molecule has 1 aromatic rings. The van der Waals surface area contributed by atoms with E-state index in [1.165, 1.54) is 25.9 Å². The number of rotatable bonds is 4. The molecule has 0 aromatic heterocycles. The third kappa shape index (κ3) is 3.79. The Labute approximate surface area is 146 Å². The lowest BCUT2D eigenvalue weighted by atomic mass is 9.79. The van der Waals surface area contributed by atoms with Crippen LogP contribution in [0.5, 0.6) is 5.75 Å². The van der Waals surface area contributed by atoms with Crippen LogP contribution in [0, 0.1) is 5.92 Å². The second kappa shape index (κ2) is 6.70. The molecule has 132 valence electrons. The van der Waals surface area contributed by atoms with Gasteiger partial charge in [-0.25, -0.2) is 0 Å². The molecule has 0 unspecified atom stereocenters. The fourth-order valence-electron chi connectivity index (χ4n) is 3.14. The molecular formula is C19H30BNO3. The van der Waals surface area contributed by atoms with Crippen molar-refractivity contribution in [2.24, 2.45) is 5.92 Å². The summed E-state index contributed by atoms with van der Waals surface area (Å²) in [6.45, 7) is 11.5. The van der Waals surface area contributed by atoms with E-state index in [0.29, 0.717) is 5.92 Å². The summed E-state index contributed by atoms with van der Waals surface area (Å²) in [5.41, 5.74) is 0.433. The molecule has 2 fully saturated rings. The van der Waals surface area contributed by atoms with E-state index >= 15 is 0 Å². The average molecular weight is 331 g/mol. The van der Waals surface area contributed by atoms with Crippen molar-refractivity contribution in [2.75, 3.05) is 26.7 Å². The minimum Gasteiger partial charge on any atom is -0.493 e. The molecule has 2 aliphatic rings.